The molecule has 0 aliphatic carbocycles. The first-order valence-electron chi connectivity index (χ1n) is 8.06. The van der Waals surface area contributed by atoms with Crippen molar-refractivity contribution >= 4 is 5.78 Å². The summed E-state index contributed by atoms with van der Waals surface area (Å²) < 4.78 is 5.83. The van der Waals surface area contributed by atoms with Crippen LogP contribution in [-0.4, -0.2) is 21.1 Å². The molecule has 1 atom stereocenters. The minimum Gasteiger partial charge on any atom is -0.508 e. The van der Waals surface area contributed by atoms with Crippen LogP contribution in [0, 0.1) is 0 Å². The third-order valence-electron chi connectivity index (χ3n) is 4.23. The van der Waals surface area contributed by atoms with Crippen molar-refractivity contribution in [1.29, 1.82) is 0 Å². The molecule has 0 saturated carbocycles. The number of benzene rings is 2. The molecule has 130 valence electrons. The van der Waals surface area contributed by atoms with Crippen molar-refractivity contribution in [2.75, 3.05) is 0 Å². The number of fused-ring (bicyclic) bond motifs is 1. The van der Waals surface area contributed by atoms with Crippen LogP contribution in [0.3, 0.4) is 0 Å². The highest BCUT2D eigenvalue weighted by atomic mass is 16.5. The molecular weight excluding hydrogens is 320 g/mol. The summed E-state index contributed by atoms with van der Waals surface area (Å²) in [5, 5.41) is 29.8. The number of phenols is 3. The Morgan fingerprint density at radius 2 is 1.96 bits per heavy atom. The van der Waals surface area contributed by atoms with Crippen LogP contribution in [0.4, 0.5) is 0 Å². The van der Waals surface area contributed by atoms with E-state index in [-0.39, 0.29) is 35.0 Å². The zero-order chi connectivity index (χ0) is 18.1. The molecule has 1 heterocycles. The van der Waals surface area contributed by atoms with Crippen LogP contribution in [0.15, 0.2) is 42.0 Å². The van der Waals surface area contributed by atoms with Crippen molar-refractivity contribution in [1.82, 2.24) is 0 Å². The maximum atomic E-state index is 12.6. The third kappa shape index (κ3) is 3.31. The summed E-state index contributed by atoms with van der Waals surface area (Å²) in [6.07, 6.45) is 1.86. The molecule has 0 radical (unpaired) electrons. The molecule has 0 bridgehead atoms. The summed E-state index contributed by atoms with van der Waals surface area (Å²) in [4.78, 5) is 12.6. The van der Waals surface area contributed by atoms with E-state index in [4.69, 9.17) is 4.74 Å². The maximum Gasteiger partial charge on any atom is 0.174 e. The minimum absolute atomic E-state index is 0.00495. The average molecular weight is 340 g/mol. The molecule has 5 heteroatoms. The van der Waals surface area contributed by atoms with Crippen LogP contribution in [0.2, 0.25) is 0 Å². The summed E-state index contributed by atoms with van der Waals surface area (Å²) in [6, 6.07) is 7.57. The Hall–Kier alpha value is -2.95. The number of aromatic hydroxyl groups is 3. The predicted molar refractivity (Wildman–Crippen MR) is 93.3 cm³/mol. The molecular formula is C20H20O5. The second-order valence-electron chi connectivity index (χ2n) is 6.41. The van der Waals surface area contributed by atoms with Crippen LogP contribution in [0.25, 0.3) is 0 Å². The summed E-state index contributed by atoms with van der Waals surface area (Å²) in [6.45, 7) is 3.94. The lowest BCUT2D eigenvalue weighted by molar-refractivity contribution is 0.0842. The predicted octanol–water partition coefficient (Wildman–Crippen LogP) is 4.02. The van der Waals surface area contributed by atoms with Crippen LogP contribution >= 0.6 is 0 Å². The van der Waals surface area contributed by atoms with E-state index >= 15 is 0 Å². The van der Waals surface area contributed by atoms with E-state index in [9.17, 15) is 20.1 Å². The summed E-state index contributed by atoms with van der Waals surface area (Å²) in [5.41, 5.74) is 2.41. The highest BCUT2D eigenvalue weighted by molar-refractivity contribution is 6.03. The lowest BCUT2D eigenvalue weighted by atomic mass is 9.93. The number of allylic oxidation sites excluding steroid dienone is 2. The van der Waals surface area contributed by atoms with Gasteiger partial charge in [0.05, 0.1) is 6.42 Å². The standard InChI is InChI=1S/C20H20O5/c1-11(2)3-4-12-5-8-17-19(20(12)24)16(23)10-18(25-17)14-7-6-13(21)9-15(14)22/h3,5-9,18,21-22,24H,4,10H2,1-2H3/t18-/m0/s1. The molecule has 25 heavy (non-hydrogen) atoms. The molecule has 0 spiro atoms. The Bertz CT molecular complexity index is 863. The molecule has 2 aromatic carbocycles. The number of phenolic OH excluding ortho intramolecular Hbond substituents is 3. The lowest BCUT2D eigenvalue weighted by Crippen LogP contribution is -2.21. The first-order valence-corrected chi connectivity index (χ1v) is 8.06. The molecule has 0 unspecified atom stereocenters. The fraction of sp³-hybridized carbons (Fsp3) is 0.250. The van der Waals surface area contributed by atoms with Crippen LogP contribution in [0.5, 0.6) is 23.0 Å². The third-order valence-corrected chi connectivity index (χ3v) is 4.23. The minimum atomic E-state index is -0.663. The van der Waals surface area contributed by atoms with Gasteiger partial charge in [-0.1, -0.05) is 17.7 Å². The first-order chi connectivity index (χ1) is 11.9. The first kappa shape index (κ1) is 16.9. The number of rotatable bonds is 3. The fourth-order valence-electron chi connectivity index (χ4n) is 2.91. The number of carbonyl (C=O) groups is 1. The zero-order valence-electron chi connectivity index (χ0n) is 14.1. The number of hydrogen-bond acceptors (Lipinski definition) is 5. The van der Waals surface area contributed by atoms with Crippen molar-refractivity contribution in [3.8, 4) is 23.0 Å². The van der Waals surface area contributed by atoms with E-state index in [0.29, 0.717) is 23.3 Å². The molecule has 1 aliphatic heterocycles. The van der Waals surface area contributed by atoms with E-state index in [0.717, 1.165) is 5.57 Å². The van der Waals surface area contributed by atoms with E-state index in [2.05, 4.69) is 0 Å². The Balaban J connectivity index is 1.95. The SMILES string of the molecule is CC(C)=CCc1ccc2c(c1O)C(=O)C[C@@H](c1ccc(O)cc1O)O2. The van der Waals surface area contributed by atoms with Gasteiger partial charge in [-0.3, -0.25) is 4.79 Å². The van der Waals surface area contributed by atoms with Gasteiger partial charge in [-0.2, -0.15) is 0 Å². The van der Waals surface area contributed by atoms with Gasteiger partial charge in [-0.25, -0.2) is 0 Å². The van der Waals surface area contributed by atoms with E-state index < -0.39 is 6.10 Å². The highest BCUT2D eigenvalue weighted by Crippen LogP contribution is 2.43. The maximum absolute atomic E-state index is 12.6. The van der Waals surface area contributed by atoms with Crippen LogP contribution < -0.4 is 4.74 Å². The van der Waals surface area contributed by atoms with Gasteiger partial charge < -0.3 is 20.1 Å². The van der Waals surface area contributed by atoms with E-state index in [1.165, 1.54) is 18.2 Å². The van der Waals surface area contributed by atoms with Gasteiger partial charge >= 0.3 is 0 Å². The quantitative estimate of drug-likeness (QED) is 0.735. The van der Waals surface area contributed by atoms with Gasteiger partial charge in [0.25, 0.3) is 0 Å². The molecule has 0 aromatic heterocycles. The summed E-state index contributed by atoms with van der Waals surface area (Å²) in [5.74, 6) is -0.188. The normalized spacial score (nSPS) is 16.1. The largest absolute Gasteiger partial charge is 0.508 e. The molecule has 2 aromatic rings. The van der Waals surface area contributed by atoms with E-state index in [1.54, 1.807) is 12.1 Å². The summed E-state index contributed by atoms with van der Waals surface area (Å²) >= 11 is 0. The van der Waals surface area contributed by atoms with Crippen LogP contribution in [-0.2, 0) is 6.42 Å². The van der Waals surface area contributed by atoms with Gasteiger partial charge in [-0.15, -0.1) is 0 Å². The van der Waals surface area contributed by atoms with Crippen molar-refractivity contribution in [2.45, 2.75) is 32.8 Å². The topological polar surface area (TPSA) is 87.0 Å². The van der Waals surface area contributed by atoms with Gasteiger partial charge in [-0.05, 0) is 44.0 Å². The Morgan fingerprint density at radius 3 is 2.64 bits per heavy atom. The fourth-order valence-corrected chi connectivity index (χ4v) is 2.91. The number of ether oxygens (including phenoxy) is 1. The molecule has 5 nitrogen and oxygen atoms in total. The average Bonchev–Trinajstić information content (AvgIpc) is 2.53. The smallest absolute Gasteiger partial charge is 0.174 e. The molecule has 3 N–H and O–H groups in total. The molecule has 0 saturated heterocycles. The molecule has 3 rings (SSSR count). The van der Waals surface area contributed by atoms with Crippen molar-refractivity contribution < 1.29 is 24.9 Å². The van der Waals surface area contributed by atoms with Crippen LogP contribution in [0.1, 0.15) is 47.9 Å². The molecule has 0 fully saturated rings. The van der Waals surface area contributed by atoms with E-state index in [1.807, 2.05) is 19.9 Å². The van der Waals surface area contributed by atoms with Crippen molar-refractivity contribution in [2.24, 2.45) is 0 Å². The number of Topliss-reactive ketones (excluding diaryl/α,β-unsaturated/α-hetero) is 1. The molecule has 0 amide bonds. The Morgan fingerprint density at radius 1 is 1.20 bits per heavy atom. The van der Waals surface area contributed by atoms with Gasteiger partial charge in [0, 0.05) is 11.6 Å². The zero-order valence-corrected chi connectivity index (χ0v) is 14.1. The van der Waals surface area contributed by atoms with Gasteiger partial charge in [0.15, 0.2) is 5.78 Å². The van der Waals surface area contributed by atoms with Crippen molar-refractivity contribution in [3.05, 3.63) is 58.7 Å². The van der Waals surface area contributed by atoms with Gasteiger partial charge in [0.2, 0.25) is 0 Å². The monoisotopic (exact) mass is 340 g/mol. The lowest BCUT2D eigenvalue weighted by Gasteiger charge is -2.27. The highest BCUT2D eigenvalue weighted by Gasteiger charge is 2.32. The number of ketones is 1. The van der Waals surface area contributed by atoms with Crippen molar-refractivity contribution in [3.63, 3.8) is 0 Å². The Kier molecular flexibility index (Phi) is 4.40. The number of carbonyl (C=O) groups excluding carboxylic acids is 1. The number of hydrogen-bond donors (Lipinski definition) is 3. The second-order valence-corrected chi connectivity index (χ2v) is 6.41. The molecule has 1 aliphatic rings. The summed E-state index contributed by atoms with van der Waals surface area (Å²) in [7, 11) is 0. The van der Waals surface area contributed by atoms with Gasteiger partial charge in [0.1, 0.15) is 34.7 Å². The Labute approximate surface area is 145 Å². The second kappa shape index (κ2) is 6.51.